The zero-order valence-corrected chi connectivity index (χ0v) is 15.6. The Morgan fingerprint density at radius 1 is 0.931 bits per heavy atom. The van der Waals surface area contributed by atoms with Crippen molar-refractivity contribution < 1.29 is 24.5 Å². The number of ether oxygens (including phenoxy) is 1. The minimum absolute atomic E-state index is 0.00182. The van der Waals surface area contributed by atoms with Crippen molar-refractivity contribution in [3.63, 3.8) is 0 Å². The molecule has 0 spiro atoms. The van der Waals surface area contributed by atoms with Crippen molar-refractivity contribution in [2.24, 2.45) is 0 Å². The molecule has 8 heteroatoms. The fourth-order valence-corrected chi connectivity index (χ4v) is 3.07. The van der Waals surface area contributed by atoms with E-state index in [1.165, 1.54) is 30.1 Å². The second kappa shape index (κ2) is 8.82. The van der Waals surface area contributed by atoms with Crippen LogP contribution < -0.4 is 9.46 Å². The lowest BCUT2D eigenvalue weighted by Crippen LogP contribution is -2.02. The number of carboxylic acid groups (broad SMARTS) is 2. The van der Waals surface area contributed by atoms with Crippen LogP contribution in [0.15, 0.2) is 71.6 Å². The van der Waals surface area contributed by atoms with Crippen molar-refractivity contribution in [1.29, 1.82) is 5.26 Å². The molecule has 29 heavy (non-hydrogen) atoms. The molecule has 0 aliphatic carbocycles. The maximum absolute atomic E-state index is 11.6. The summed E-state index contributed by atoms with van der Waals surface area (Å²) < 4.78 is 8.59. The van der Waals surface area contributed by atoms with Gasteiger partial charge in [-0.25, -0.2) is 9.59 Å². The summed E-state index contributed by atoms with van der Waals surface area (Å²) in [7, 11) is 0. The molecule has 0 saturated carbocycles. The molecule has 0 unspecified atom stereocenters. The molecule has 0 saturated heterocycles. The Hall–Kier alpha value is -3.96. The predicted molar refractivity (Wildman–Crippen MR) is 108 cm³/mol. The molecule has 3 N–H and O–H groups in total. The van der Waals surface area contributed by atoms with Crippen molar-refractivity contribution in [2.75, 3.05) is 4.72 Å². The lowest BCUT2D eigenvalue weighted by atomic mass is 10.1. The van der Waals surface area contributed by atoms with E-state index >= 15 is 0 Å². The van der Waals surface area contributed by atoms with Gasteiger partial charge >= 0.3 is 11.9 Å². The average Bonchev–Trinajstić information content (AvgIpc) is 2.73. The molecule has 3 aromatic rings. The van der Waals surface area contributed by atoms with E-state index in [0.29, 0.717) is 11.3 Å². The highest BCUT2D eigenvalue weighted by atomic mass is 32.2. The van der Waals surface area contributed by atoms with Gasteiger partial charge in [0.15, 0.2) is 0 Å². The summed E-state index contributed by atoms with van der Waals surface area (Å²) in [5.74, 6) is -1.67. The molecule has 0 bridgehead atoms. The van der Waals surface area contributed by atoms with E-state index in [9.17, 15) is 14.7 Å². The average molecular weight is 406 g/mol. The standard InChI is InChI=1S/C21H14N2O5S/c22-12-13-4-7-17(8-5-13)29-23-19-9-6-16(11-18(19)21(26)27)28-15-3-1-2-14(10-15)20(24)25/h1-11,23H,(H,24,25)(H,26,27). The zero-order chi connectivity index (χ0) is 20.8. The van der Waals surface area contributed by atoms with Crippen molar-refractivity contribution in [2.45, 2.75) is 4.90 Å². The van der Waals surface area contributed by atoms with Crippen molar-refractivity contribution in [3.8, 4) is 17.6 Å². The molecule has 0 amide bonds. The summed E-state index contributed by atoms with van der Waals surface area (Å²) >= 11 is 1.21. The molecule has 144 valence electrons. The Morgan fingerprint density at radius 2 is 1.66 bits per heavy atom. The van der Waals surface area contributed by atoms with Crippen molar-refractivity contribution in [3.05, 3.63) is 83.4 Å². The van der Waals surface area contributed by atoms with Crippen LogP contribution >= 0.6 is 11.9 Å². The normalized spacial score (nSPS) is 10.0. The fraction of sp³-hybridized carbons (Fsp3) is 0. The molecule has 0 aromatic heterocycles. The minimum Gasteiger partial charge on any atom is -0.478 e. The Balaban J connectivity index is 1.77. The number of nitriles is 1. The molecule has 0 radical (unpaired) electrons. The van der Waals surface area contributed by atoms with Gasteiger partial charge in [0.2, 0.25) is 0 Å². The SMILES string of the molecule is N#Cc1ccc(SNc2ccc(Oc3cccc(C(=O)O)c3)cc2C(=O)O)cc1. The number of carboxylic acids is 2. The van der Waals surface area contributed by atoms with Crippen LogP contribution in [-0.4, -0.2) is 22.2 Å². The third-order valence-corrected chi connectivity index (χ3v) is 4.63. The zero-order valence-electron chi connectivity index (χ0n) is 14.8. The Kier molecular flexibility index (Phi) is 6.02. The first-order valence-electron chi connectivity index (χ1n) is 8.28. The topological polar surface area (TPSA) is 120 Å². The number of hydrogen-bond acceptors (Lipinski definition) is 6. The van der Waals surface area contributed by atoms with E-state index in [0.717, 1.165) is 4.90 Å². The van der Waals surface area contributed by atoms with Gasteiger partial charge < -0.3 is 19.7 Å². The summed E-state index contributed by atoms with van der Waals surface area (Å²) in [5, 5.41) is 27.4. The van der Waals surface area contributed by atoms with E-state index in [4.69, 9.17) is 15.1 Å². The molecular formula is C21H14N2O5S. The van der Waals surface area contributed by atoms with Gasteiger partial charge in [-0.3, -0.25) is 0 Å². The van der Waals surface area contributed by atoms with E-state index < -0.39 is 11.9 Å². The van der Waals surface area contributed by atoms with E-state index in [1.807, 2.05) is 6.07 Å². The van der Waals surface area contributed by atoms with E-state index in [2.05, 4.69) is 4.72 Å². The molecule has 0 aliphatic rings. The van der Waals surface area contributed by atoms with Crippen molar-refractivity contribution in [1.82, 2.24) is 0 Å². The first-order chi connectivity index (χ1) is 14.0. The van der Waals surface area contributed by atoms with E-state index in [1.54, 1.807) is 48.5 Å². The number of rotatable bonds is 7. The monoisotopic (exact) mass is 406 g/mol. The summed E-state index contributed by atoms with van der Waals surface area (Å²) in [6.45, 7) is 0. The van der Waals surface area contributed by atoms with Gasteiger partial charge in [-0.2, -0.15) is 5.26 Å². The molecular weight excluding hydrogens is 392 g/mol. The maximum atomic E-state index is 11.6. The van der Waals surface area contributed by atoms with Crippen LogP contribution in [0.3, 0.4) is 0 Å². The van der Waals surface area contributed by atoms with Crippen LogP contribution in [0.1, 0.15) is 26.3 Å². The number of carbonyl (C=O) groups is 2. The Labute approximate surface area is 170 Å². The van der Waals surface area contributed by atoms with Crippen LogP contribution in [0.25, 0.3) is 0 Å². The van der Waals surface area contributed by atoms with Gasteiger partial charge in [-0.15, -0.1) is 0 Å². The van der Waals surface area contributed by atoms with Gasteiger partial charge in [0, 0.05) is 4.90 Å². The summed E-state index contributed by atoms with van der Waals surface area (Å²) in [6, 6.07) is 19.3. The molecule has 0 aliphatic heterocycles. The van der Waals surface area contributed by atoms with Crippen LogP contribution in [0, 0.1) is 11.3 Å². The van der Waals surface area contributed by atoms with Crippen LogP contribution in [0.4, 0.5) is 5.69 Å². The largest absolute Gasteiger partial charge is 0.478 e. The molecule has 0 fully saturated rings. The second-order valence-corrected chi connectivity index (χ2v) is 6.67. The minimum atomic E-state index is -1.14. The fourth-order valence-electron chi connectivity index (χ4n) is 2.39. The molecule has 3 aromatic carbocycles. The van der Waals surface area contributed by atoms with Gasteiger partial charge in [-0.1, -0.05) is 6.07 Å². The lowest BCUT2D eigenvalue weighted by Gasteiger charge is -2.12. The number of nitrogens with one attached hydrogen (secondary N) is 1. The molecule has 7 nitrogen and oxygen atoms in total. The first kappa shape index (κ1) is 19.8. The number of nitrogens with zero attached hydrogens (tertiary/aromatic N) is 1. The van der Waals surface area contributed by atoms with E-state index in [-0.39, 0.29) is 22.6 Å². The smallest absolute Gasteiger partial charge is 0.337 e. The summed E-state index contributed by atoms with van der Waals surface area (Å²) in [5.41, 5.74) is 0.976. The molecule has 0 heterocycles. The van der Waals surface area contributed by atoms with Crippen LogP contribution in [0.2, 0.25) is 0 Å². The highest BCUT2D eigenvalue weighted by Gasteiger charge is 2.13. The third kappa shape index (κ3) is 5.06. The van der Waals surface area contributed by atoms with Crippen LogP contribution in [0.5, 0.6) is 11.5 Å². The molecule has 0 atom stereocenters. The first-order valence-corrected chi connectivity index (χ1v) is 9.09. The third-order valence-electron chi connectivity index (χ3n) is 3.80. The lowest BCUT2D eigenvalue weighted by molar-refractivity contribution is 0.0686. The Morgan fingerprint density at radius 3 is 2.31 bits per heavy atom. The molecule has 3 rings (SSSR count). The second-order valence-electron chi connectivity index (χ2n) is 5.79. The Bertz CT molecular complexity index is 1110. The van der Waals surface area contributed by atoms with Gasteiger partial charge in [0.25, 0.3) is 0 Å². The van der Waals surface area contributed by atoms with Gasteiger partial charge in [0.05, 0.1) is 28.4 Å². The highest BCUT2D eigenvalue weighted by Crippen LogP contribution is 2.30. The number of anilines is 1. The van der Waals surface area contributed by atoms with Gasteiger partial charge in [-0.05, 0) is 72.6 Å². The number of hydrogen-bond donors (Lipinski definition) is 3. The highest BCUT2D eigenvalue weighted by molar-refractivity contribution is 8.00. The van der Waals surface area contributed by atoms with Gasteiger partial charge in [0.1, 0.15) is 11.5 Å². The number of aromatic carboxylic acids is 2. The number of benzene rings is 3. The summed E-state index contributed by atoms with van der Waals surface area (Å²) in [6.07, 6.45) is 0. The quantitative estimate of drug-likeness (QED) is 0.476. The summed E-state index contributed by atoms with van der Waals surface area (Å²) in [4.78, 5) is 23.5. The maximum Gasteiger partial charge on any atom is 0.337 e. The predicted octanol–water partition coefficient (Wildman–Crippen LogP) is 4.87. The van der Waals surface area contributed by atoms with Crippen LogP contribution in [-0.2, 0) is 0 Å². The van der Waals surface area contributed by atoms with Crippen molar-refractivity contribution >= 4 is 29.6 Å².